The molecule has 6 heteroatoms. The highest BCUT2D eigenvalue weighted by molar-refractivity contribution is 9.10. The van der Waals surface area contributed by atoms with Crippen LogP contribution in [0.15, 0.2) is 22.7 Å². The van der Waals surface area contributed by atoms with Crippen LogP contribution in [0.1, 0.15) is 29.6 Å². The third-order valence-corrected chi connectivity index (χ3v) is 4.51. The van der Waals surface area contributed by atoms with Crippen molar-refractivity contribution in [1.82, 2.24) is 5.32 Å². The van der Waals surface area contributed by atoms with Gasteiger partial charge in [-0.15, -0.1) is 0 Å². The smallest absolute Gasteiger partial charge is 0.306 e. The van der Waals surface area contributed by atoms with E-state index in [1.807, 2.05) is 0 Å². The van der Waals surface area contributed by atoms with Crippen molar-refractivity contribution in [3.63, 3.8) is 0 Å². The zero-order chi connectivity index (χ0) is 14.0. The van der Waals surface area contributed by atoms with Crippen LogP contribution in [0.2, 0.25) is 5.02 Å². The fourth-order valence-electron chi connectivity index (χ4n) is 2.24. The number of benzene rings is 1. The van der Waals surface area contributed by atoms with E-state index in [9.17, 15) is 9.59 Å². The Balaban J connectivity index is 1.98. The van der Waals surface area contributed by atoms with Crippen LogP contribution in [0.3, 0.4) is 0 Å². The molecule has 102 valence electrons. The molecule has 19 heavy (non-hydrogen) atoms. The van der Waals surface area contributed by atoms with Gasteiger partial charge in [0.05, 0.1) is 10.9 Å². The van der Waals surface area contributed by atoms with Crippen LogP contribution in [0.25, 0.3) is 0 Å². The number of hydrogen-bond acceptors (Lipinski definition) is 2. The number of rotatable bonds is 3. The summed E-state index contributed by atoms with van der Waals surface area (Å²) >= 11 is 9.13. The van der Waals surface area contributed by atoms with E-state index in [-0.39, 0.29) is 17.9 Å². The largest absolute Gasteiger partial charge is 0.481 e. The van der Waals surface area contributed by atoms with Gasteiger partial charge < -0.3 is 10.4 Å². The van der Waals surface area contributed by atoms with Gasteiger partial charge in [0.25, 0.3) is 5.91 Å². The van der Waals surface area contributed by atoms with Crippen LogP contribution in [-0.4, -0.2) is 23.0 Å². The van der Waals surface area contributed by atoms with E-state index in [1.54, 1.807) is 18.2 Å². The van der Waals surface area contributed by atoms with E-state index in [0.717, 1.165) is 0 Å². The topological polar surface area (TPSA) is 66.4 Å². The average Bonchev–Trinajstić information content (AvgIpc) is 2.81. The van der Waals surface area contributed by atoms with Crippen molar-refractivity contribution in [3.8, 4) is 0 Å². The lowest BCUT2D eigenvalue weighted by Gasteiger charge is -2.12. The molecular weight excluding hydrogens is 334 g/mol. The molecule has 0 bridgehead atoms. The summed E-state index contributed by atoms with van der Waals surface area (Å²) in [5, 5.41) is 12.3. The fraction of sp³-hybridized carbons (Fsp3) is 0.385. The first-order valence-electron chi connectivity index (χ1n) is 5.96. The Kier molecular flexibility index (Phi) is 4.47. The molecule has 1 fully saturated rings. The minimum Gasteiger partial charge on any atom is -0.481 e. The molecule has 2 rings (SSSR count). The molecule has 1 aromatic rings. The third kappa shape index (κ3) is 3.48. The van der Waals surface area contributed by atoms with Gasteiger partial charge in [0.15, 0.2) is 0 Å². The molecule has 0 aromatic heterocycles. The molecule has 1 aliphatic carbocycles. The molecule has 0 radical (unpaired) electrons. The second-order valence-electron chi connectivity index (χ2n) is 4.65. The Morgan fingerprint density at radius 2 is 2.11 bits per heavy atom. The summed E-state index contributed by atoms with van der Waals surface area (Å²) in [4.78, 5) is 22.9. The summed E-state index contributed by atoms with van der Waals surface area (Å²) in [5.41, 5.74) is 0.509. The van der Waals surface area contributed by atoms with Crippen molar-refractivity contribution in [3.05, 3.63) is 33.3 Å². The molecule has 4 nitrogen and oxygen atoms in total. The zero-order valence-electron chi connectivity index (χ0n) is 10.0. The molecular formula is C13H13BrClNO3. The maximum Gasteiger partial charge on any atom is 0.306 e. The van der Waals surface area contributed by atoms with E-state index >= 15 is 0 Å². The second kappa shape index (κ2) is 5.92. The van der Waals surface area contributed by atoms with Crippen LogP contribution < -0.4 is 5.32 Å². The van der Waals surface area contributed by atoms with Gasteiger partial charge in [-0.3, -0.25) is 9.59 Å². The summed E-state index contributed by atoms with van der Waals surface area (Å²) in [6.07, 6.45) is 1.82. The van der Waals surface area contributed by atoms with Crippen molar-refractivity contribution in [1.29, 1.82) is 0 Å². The highest BCUT2D eigenvalue weighted by atomic mass is 79.9. The molecule has 0 spiro atoms. The lowest BCUT2D eigenvalue weighted by molar-refractivity contribution is -0.141. The summed E-state index contributed by atoms with van der Waals surface area (Å²) in [7, 11) is 0. The standard InChI is InChI=1S/C13H13BrClNO3/c14-10-6-7(2-4-11(10)15)12(17)16-9-3-1-8(5-9)13(18)19/h2,4,6,8-9H,1,3,5H2,(H,16,17)(H,18,19)/t8-,9+/m1/s1. The zero-order valence-corrected chi connectivity index (χ0v) is 12.4. The van der Waals surface area contributed by atoms with Crippen LogP contribution in [0.5, 0.6) is 0 Å². The summed E-state index contributed by atoms with van der Waals surface area (Å²) < 4.78 is 0.664. The maximum absolute atomic E-state index is 12.0. The Morgan fingerprint density at radius 3 is 2.68 bits per heavy atom. The van der Waals surface area contributed by atoms with E-state index in [4.69, 9.17) is 16.7 Å². The molecule has 2 N–H and O–H groups in total. The predicted octanol–water partition coefficient (Wildman–Crippen LogP) is 3.09. The monoisotopic (exact) mass is 345 g/mol. The van der Waals surface area contributed by atoms with Gasteiger partial charge in [-0.2, -0.15) is 0 Å². The molecule has 2 atom stereocenters. The predicted molar refractivity (Wildman–Crippen MR) is 75.4 cm³/mol. The van der Waals surface area contributed by atoms with Crippen molar-refractivity contribution in [2.24, 2.45) is 5.92 Å². The first kappa shape index (κ1) is 14.3. The minimum absolute atomic E-state index is 0.0666. The summed E-state index contributed by atoms with van der Waals surface area (Å²) in [6.45, 7) is 0. The number of carboxylic acid groups (broad SMARTS) is 1. The lowest BCUT2D eigenvalue weighted by Crippen LogP contribution is -2.33. The van der Waals surface area contributed by atoms with Crippen molar-refractivity contribution in [2.45, 2.75) is 25.3 Å². The molecule has 0 unspecified atom stereocenters. The molecule has 1 aliphatic rings. The van der Waals surface area contributed by atoms with Gasteiger partial charge in [0.2, 0.25) is 0 Å². The molecule has 0 saturated heterocycles. The van der Waals surface area contributed by atoms with Crippen LogP contribution in [-0.2, 0) is 4.79 Å². The first-order valence-corrected chi connectivity index (χ1v) is 7.13. The van der Waals surface area contributed by atoms with Crippen molar-refractivity contribution >= 4 is 39.4 Å². The quantitative estimate of drug-likeness (QED) is 0.884. The summed E-state index contributed by atoms with van der Waals surface area (Å²) in [5.74, 6) is -1.33. The van der Waals surface area contributed by atoms with Gasteiger partial charge in [0.1, 0.15) is 0 Å². The van der Waals surface area contributed by atoms with Crippen molar-refractivity contribution in [2.75, 3.05) is 0 Å². The number of amides is 1. The fourth-order valence-corrected chi connectivity index (χ4v) is 2.74. The van der Waals surface area contributed by atoms with E-state index in [0.29, 0.717) is 34.3 Å². The third-order valence-electron chi connectivity index (χ3n) is 3.30. The molecule has 1 aromatic carbocycles. The van der Waals surface area contributed by atoms with Crippen LogP contribution in [0.4, 0.5) is 0 Å². The van der Waals surface area contributed by atoms with Crippen molar-refractivity contribution < 1.29 is 14.7 Å². The number of hydrogen-bond donors (Lipinski definition) is 2. The highest BCUT2D eigenvalue weighted by Gasteiger charge is 2.30. The number of halogens is 2. The Labute approximate surface area is 124 Å². The average molecular weight is 347 g/mol. The molecule has 0 heterocycles. The Morgan fingerprint density at radius 1 is 1.37 bits per heavy atom. The van der Waals surface area contributed by atoms with E-state index in [2.05, 4.69) is 21.2 Å². The SMILES string of the molecule is O=C(N[C@H]1CC[C@@H](C(=O)O)C1)c1ccc(Cl)c(Br)c1. The number of carbonyl (C=O) groups excluding carboxylic acids is 1. The highest BCUT2D eigenvalue weighted by Crippen LogP contribution is 2.27. The van der Waals surface area contributed by atoms with Gasteiger partial charge >= 0.3 is 5.97 Å². The Bertz CT molecular complexity index is 521. The number of aliphatic carboxylic acids is 1. The Hall–Kier alpha value is -1.07. The van der Waals surface area contributed by atoms with Gasteiger partial charge in [0, 0.05) is 16.1 Å². The van der Waals surface area contributed by atoms with Crippen LogP contribution in [0, 0.1) is 5.92 Å². The maximum atomic E-state index is 12.0. The van der Waals surface area contributed by atoms with E-state index < -0.39 is 5.97 Å². The second-order valence-corrected chi connectivity index (χ2v) is 5.91. The molecule has 1 amide bonds. The van der Waals surface area contributed by atoms with Gasteiger partial charge in [-0.1, -0.05) is 11.6 Å². The van der Waals surface area contributed by atoms with Gasteiger partial charge in [-0.25, -0.2) is 0 Å². The summed E-state index contributed by atoms with van der Waals surface area (Å²) in [6, 6.07) is 4.88. The first-order chi connectivity index (χ1) is 8.97. The number of carboxylic acids is 1. The van der Waals surface area contributed by atoms with E-state index in [1.165, 1.54) is 0 Å². The minimum atomic E-state index is -0.786. The molecule has 1 saturated carbocycles. The van der Waals surface area contributed by atoms with Gasteiger partial charge in [-0.05, 0) is 53.4 Å². The normalized spacial score (nSPS) is 22.2. The van der Waals surface area contributed by atoms with Crippen LogP contribution >= 0.6 is 27.5 Å². The number of carbonyl (C=O) groups is 2. The number of nitrogens with one attached hydrogen (secondary N) is 1. The lowest BCUT2D eigenvalue weighted by atomic mass is 10.1. The molecule has 0 aliphatic heterocycles.